The van der Waals surface area contributed by atoms with Crippen molar-refractivity contribution in [2.75, 3.05) is 0 Å². The lowest BCUT2D eigenvalue weighted by molar-refractivity contribution is -0.00438. The standard InChI is InChI=1S/C107H115N/c1-106(2,3)88-54-44-74(45-55-88)72-24-28-77(29-25-72)85-50-60-96-98(66-85)99-67-86(78-30-26-73(27-31-78)75-46-56-89(57-47-75)107(4,5)6)51-61-97(99)104(96)84-42-36-81(37-43-84)91-62-63-95(94-23-15-22-93(91)94)103(82-38-32-71(33-39-82)69-16-9-7-10-17-69)83-40-34-79(35-41-83)87-53-64-101-100(68-87)105-92-21-14-13-20-80(92)52-65-102(105)108(101)90-58-48-76(49-59-90)70-18-11-8-12-19-70/h7-14,16-21,24-26,28-29,32,34,38,44-50,52-60,64-66,68,71,78,81-84,86,91,93-95,97,99,103-104H,15,22-23,27,30-31,33,35-37,39-43,51,61-63,67H2,1-6H3. The van der Waals surface area contributed by atoms with Crippen molar-refractivity contribution in [2.24, 2.45) is 71.0 Å². The number of benzene rings is 10. The van der Waals surface area contributed by atoms with Gasteiger partial charge in [0.25, 0.3) is 0 Å². The fourth-order valence-electron chi connectivity index (χ4n) is 24.6. The molecule has 10 aromatic carbocycles. The van der Waals surface area contributed by atoms with Crippen LogP contribution >= 0.6 is 0 Å². The van der Waals surface area contributed by atoms with Gasteiger partial charge in [0.15, 0.2) is 0 Å². The largest absolute Gasteiger partial charge is 0.309 e. The Balaban J connectivity index is 0.573. The Hall–Kier alpha value is -8.52. The number of fused-ring (bicyclic) bond motifs is 9. The van der Waals surface area contributed by atoms with E-state index in [0.717, 1.165) is 65.1 Å². The van der Waals surface area contributed by atoms with E-state index >= 15 is 0 Å². The third-order valence-electron chi connectivity index (χ3n) is 30.2. The summed E-state index contributed by atoms with van der Waals surface area (Å²) in [6, 6.07) is 89.3. The predicted molar refractivity (Wildman–Crippen MR) is 459 cm³/mol. The Morgan fingerprint density at radius 1 is 0.370 bits per heavy atom. The summed E-state index contributed by atoms with van der Waals surface area (Å²) < 4.78 is 2.53. The Bertz CT molecular complexity index is 5130. The predicted octanol–water partition coefficient (Wildman–Crippen LogP) is 29.5. The molecule has 0 radical (unpaired) electrons. The van der Waals surface area contributed by atoms with Crippen molar-refractivity contribution in [2.45, 2.75) is 199 Å². The normalized spacial score (nSPS) is 27.6. The summed E-state index contributed by atoms with van der Waals surface area (Å²) in [7, 11) is 0. The van der Waals surface area contributed by atoms with Crippen molar-refractivity contribution >= 4 is 43.7 Å². The van der Waals surface area contributed by atoms with Crippen LogP contribution in [0, 0.1) is 71.0 Å². The van der Waals surface area contributed by atoms with Gasteiger partial charge in [0.2, 0.25) is 0 Å². The van der Waals surface area contributed by atoms with Crippen LogP contribution < -0.4 is 0 Å². The van der Waals surface area contributed by atoms with E-state index in [9.17, 15) is 0 Å². The first-order valence-electron chi connectivity index (χ1n) is 43.0. The highest BCUT2D eigenvalue weighted by Crippen LogP contribution is 2.64. The van der Waals surface area contributed by atoms with E-state index in [4.69, 9.17) is 0 Å². The van der Waals surface area contributed by atoms with Crippen LogP contribution in [0.25, 0.3) is 82.8 Å². The third kappa shape index (κ3) is 13.3. The van der Waals surface area contributed by atoms with Gasteiger partial charge in [0, 0.05) is 22.4 Å². The Morgan fingerprint density at radius 3 is 1.64 bits per heavy atom. The summed E-state index contributed by atoms with van der Waals surface area (Å²) in [5.41, 5.74) is 25.9. The molecule has 1 nitrogen and oxygen atoms in total. The fraction of sp³-hybridized carbons (Fsp3) is 0.402. The number of hydrogen-bond donors (Lipinski definition) is 0. The number of aromatic nitrogens is 1. The molecule has 0 saturated heterocycles. The summed E-state index contributed by atoms with van der Waals surface area (Å²) in [5, 5.41) is 5.39. The second-order valence-corrected chi connectivity index (χ2v) is 37.7. The maximum absolute atomic E-state index is 2.80. The third-order valence-corrected chi connectivity index (χ3v) is 30.2. The maximum atomic E-state index is 2.80. The van der Waals surface area contributed by atoms with Gasteiger partial charge in [0.1, 0.15) is 0 Å². The van der Waals surface area contributed by atoms with Gasteiger partial charge in [-0.25, -0.2) is 0 Å². The Labute approximate surface area is 646 Å². The maximum Gasteiger partial charge on any atom is 0.0547 e. The molecule has 13 atom stereocenters. The van der Waals surface area contributed by atoms with Gasteiger partial charge in [-0.2, -0.15) is 0 Å². The van der Waals surface area contributed by atoms with Crippen LogP contribution in [0.3, 0.4) is 0 Å². The summed E-state index contributed by atoms with van der Waals surface area (Å²) >= 11 is 0. The SMILES string of the molecule is CC(C)(C)c1ccc(C2=CCC(C3CCC4C(C3)c3cc(-c5ccc(-c6ccc(C(C)(C)C)cc6)cc5)ccc3C4C3CCC(C4CCC(C(C5C=CC(c6ccccc6)CC5)C5CC=C(c6ccc7c(c6)c6c8ccccc8ccc6n7-c6ccc(-c7ccccc7)cc6)CC5)C5CCCC45)CC3)CC2)cc1. The Morgan fingerprint density at radius 2 is 0.954 bits per heavy atom. The summed E-state index contributed by atoms with van der Waals surface area (Å²) in [4.78, 5) is 0. The highest BCUT2D eigenvalue weighted by atomic mass is 15.0. The number of nitrogens with zero attached hydrogens (tertiary/aromatic N) is 1. The van der Waals surface area contributed by atoms with E-state index in [1.165, 1.54) is 228 Å². The minimum absolute atomic E-state index is 0.150. The summed E-state index contributed by atoms with van der Waals surface area (Å²) in [5.74, 6) is 11.7. The molecule has 19 rings (SSSR count). The summed E-state index contributed by atoms with van der Waals surface area (Å²) in [6.45, 7) is 13.9. The molecule has 4 saturated carbocycles. The molecule has 1 heterocycles. The lowest BCUT2D eigenvalue weighted by atomic mass is 9.54. The molecule has 8 aliphatic rings. The van der Waals surface area contributed by atoms with Crippen LogP contribution in [0.5, 0.6) is 0 Å². The first-order chi connectivity index (χ1) is 52.8. The van der Waals surface area contributed by atoms with Crippen LogP contribution in [0.15, 0.2) is 255 Å². The lowest BCUT2D eigenvalue weighted by Gasteiger charge is -2.51. The molecule has 0 bridgehead atoms. The fourth-order valence-corrected chi connectivity index (χ4v) is 24.6. The van der Waals surface area contributed by atoms with Gasteiger partial charge in [0.05, 0.1) is 11.0 Å². The molecule has 0 N–H and O–H groups in total. The molecule has 1 heteroatoms. The van der Waals surface area contributed by atoms with Gasteiger partial charge in [-0.1, -0.05) is 272 Å². The first-order valence-corrected chi connectivity index (χ1v) is 43.0. The van der Waals surface area contributed by atoms with E-state index in [-0.39, 0.29) is 10.8 Å². The molecule has 13 unspecified atom stereocenters. The van der Waals surface area contributed by atoms with Crippen molar-refractivity contribution in [3.63, 3.8) is 0 Å². The molecule has 11 aromatic rings. The van der Waals surface area contributed by atoms with Crippen LogP contribution in [0.4, 0.5) is 0 Å². The van der Waals surface area contributed by atoms with Gasteiger partial charge in [-0.3, -0.25) is 0 Å². The minimum atomic E-state index is 0.150. The molecule has 0 aliphatic heterocycles. The second kappa shape index (κ2) is 29.1. The zero-order valence-corrected chi connectivity index (χ0v) is 65.5. The molecular formula is C107H115N. The lowest BCUT2D eigenvalue weighted by Crippen LogP contribution is -2.43. The molecule has 8 aliphatic carbocycles. The Kier molecular flexibility index (Phi) is 18.8. The number of allylic oxidation sites excluding steroid dienone is 6. The van der Waals surface area contributed by atoms with Crippen molar-refractivity contribution < 1.29 is 0 Å². The smallest absolute Gasteiger partial charge is 0.0547 e. The molecule has 0 spiro atoms. The molecule has 108 heavy (non-hydrogen) atoms. The van der Waals surface area contributed by atoms with Gasteiger partial charge >= 0.3 is 0 Å². The van der Waals surface area contributed by atoms with E-state index < -0.39 is 0 Å². The topological polar surface area (TPSA) is 4.93 Å². The monoisotopic (exact) mass is 1410 g/mol. The van der Waals surface area contributed by atoms with E-state index in [1.807, 2.05) is 0 Å². The quantitative estimate of drug-likeness (QED) is 0.101. The number of rotatable bonds is 13. The van der Waals surface area contributed by atoms with Gasteiger partial charge in [-0.05, 0) is 340 Å². The molecule has 0 amide bonds. The average molecular weight is 1420 g/mol. The van der Waals surface area contributed by atoms with Crippen molar-refractivity contribution in [3.8, 4) is 39.1 Å². The molecule has 4 fully saturated rings. The molecule has 548 valence electrons. The minimum Gasteiger partial charge on any atom is -0.309 e. The van der Waals surface area contributed by atoms with Gasteiger partial charge in [-0.15, -0.1) is 0 Å². The van der Waals surface area contributed by atoms with Gasteiger partial charge < -0.3 is 4.57 Å². The molecular weight excluding hydrogens is 1300 g/mol. The van der Waals surface area contributed by atoms with E-state index in [0.29, 0.717) is 23.7 Å². The average Bonchev–Trinajstić information content (AvgIpc) is 1.58. The van der Waals surface area contributed by atoms with Crippen molar-refractivity contribution in [1.29, 1.82) is 0 Å². The zero-order valence-electron chi connectivity index (χ0n) is 65.5. The van der Waals surface area contributed by atoms with E-state index in [1.54, 1.807) is 22.3 Å². The van der Waals surface area contributed by atoms with Crippen LogP contribution in [0.2, 0.25) is 0 Å². The van der Waals surface area contributed by atoms with Crippen molar-refractivity contribution in [3.05, 3.63) is 294 Å². The number of hydrogen-bond acceptors (Lipinski definition) is 0. The highest BCUT2D eigenvalue weighted by Gasteiger charge is 2.52. The second-order valence-electron chi connectivity index (χ2n) is 37.7. The summed E-state index contributed by atoms with van der Waals surface area (Å²) in [6.07, 6.45) is 38.4. The van der Waals surface area contributed by atoms with E-state index in [2.05, 4.69) is 301 Å². The van der Waals surface area contributed by atoms with Crippen LogP contribution in [-0.4, -0.2) is 4.57 Å². The van der Waals surface area contributed by atoms with Crippen LogP contribution in [0.1, 0.15) is 227 Å². The highest BCUT2D eigenvalue weighted by molar-refractivity contribution is 6.21. The first kappa shape index (κ1) is 69.9. The molecule has 1 aromatic heterocycles. The van der Waals surface area contributed by atoms with Crippen molar-refractivity contribution in [1.82, 2.24) is 4.57 Å². The van der Waals surface area contributed by atoms with Crippen LogP contribution in [-0.2, 0) is 10.8 Å². The zero-order chi connectivity index (χ0) is 72.8.